The zero-order valence-electron chi connectivity index (χ0n) is 8.61. The van der Waals surface area contributed by atoms with Crippen LogP contribution in [0.3, 0.4) is 0 Å². The Morgan fingerprint density at radius 2 is 2.47 bits per heavy atom. The van der Waals surface area contributed by atoms with Gasteiger partial charge in [0.2, 0.25) is 5.91 Å². The molecule has 82 valence electrons. The molecule has 1 atom stereocenters. The van der Waals surface area contributed by atoms with Crippen LogP contribution in [-0.4, -0.2) is 11.9 Å². The monoisotopic (exact) mass is 207 g/mol. The second-order valence-electron chi connectivity index (χ2n) is 3.84. The van der Waals surface area contributed by atoms with Crippen LogP contribution in [0.25, 0.3) is 6.08 Å². The van der Waals surface area contributed by atoms with Crippen LogP contribution >= 0.6 is 0 Å². The van der Waals surface area contributed by atoms with Crippen molar-refractivity contribution in [1.29, 1.82) is 0 Å². The number of amides is 1. The van der Waals surface area contributed by atoms with Crippen molar-refractivity contribution in [1.82, 2.24) is 5.32 Å². The minimum Gasteiger partial charge on any atom is -0.472 e. The zero-order chi connectivity index (χ0) is 10.5. The molecule has 1 unspecified atom stereocenters. The topological polar surface area (TPSA) is 42.2 Å². The second-order valence-corrected chi connectivity index (χ2v) is 3.84. The Morgan fingerprint density at radius 3 is 3.27 bits per heavy atom. The Morgan fingerprint density at radius 1 is 1.53 bits per heavy atom. The molecule has 3 nitrogen and oxygen atoms in total. The smallest absolute Gasteiger partial charge is 0.220 e. The standard InChI is InChI=1S/C12H15NO2.H2/c14-12-4-2-1-3-11(13-12)6-5-10-7-8-15-9-10;/h5-9,11H,1-4H2,(H,13,14);1H/b6-5+;. The predicted octanol–water partition coefficient (Wildman–Crippen LogP) is 2.60. The second kappa shape index (κ2) is 4.82. The summed E-state index contributed by atoms with van der Waals surface area (Å²) in [5.41, 5.74) is 1.04. The third kappa shape index (κ3) is 2.98. The lowest BCUT2D eigenvalue weighted by Gasteiger charge is -2.09. The molecule has 3 heteroatoms. The van der Waals surface area contributed by atoms with Crippen molar-refractivity contribution in [2.24, 2.45) is 0 Å². The van der Waals surface area contributed by atoms with Gasteiger partial charge in [0.05, 0.1) is 12.5 Å². The minimum absolute atomic E-state index is 0. The van der Waals surface area contributed by atoms with E-state index in [1.807, 2.05) is 18.2 Å². The van der Waals surface area contributed by atoms with Gasteiger partial charge in [-0.1, -0.05) is 18.6 Å². The largest absolute Gasteiger partial charge is 0.472 e. The molecule has 1 aromatic heterocycles. The average molecular weight is 207 g/mol. The predicted molar refractivity (Wildman–Crippen MR) is 60.3 cm³/mol. The van der Waals surface area contributed by atoms with Gasteiger partial charge in [0.15, 0.2) is 0 Å². The SMILES string of the molecule is O=C1CCCCC(/C=C/c2ccoc2)N1.[HH]. The van der Waals surface area contributed by atoms with Gasteiger partial charge in [-0.25, -0.2) is 0 Å². The molecule has 1 fully saturated rings. The third-order valence-electron chi connectivity index (χ3n) is 2.58. The maximum Gasteiger partial charge on any atom is 0.220 e. The number of hydrogen-bond acceptors (Lipinski definition) is 2. The van der Waals surface area contributed by atoms with E-state index in [4.69, 9.17) is 4.42 Å². The normalized spacial score (nSPS) is 22.7. The molecule has 0 aromatic carbocycles. The van der Waals surface area contributed by atoms with E-state index in [0.29, 0.717) is 6.42 Å². The van der Waals surface area contributed by atoms with E-state index in [1.165, 1.54) is 0 Å². The summed E-state index contributed by atoms with van der Waals surface area (Å²) in [6.45, 7) is 0. The van der Waals surface area contributed by atoms with Crippen LogP contribution < -0.4 is 5.32 Å². The lowest BCUT2D eigenvalue weighted by Crippen LogP contribution is -2.30. The summed E-state index contributed by atoms with van der Waals surface area (Å²) >= 11 is 0. The van der Waals surface area contributed by atoms with Crippen molar-refractivity contribution in [2.45, 2.75) is 31.7 Å². The average Bonchev–Trinajstić information content (AvgIpc) is 2.65. The van der Waals surface area contributed by atoms with E-state index in [2.05, 4.69) is 5.32 Å². The molecular weight excluding hydrogens is 190 g/mol. The van der Waals surface area contributed by atoms with E-state index in [1.54, 1.807) is 12.5 Å². The third-order valence-corrected chi connectivity index (χ3v) is 2.58. The molecule has 1 amide bonds. The van der Waals surface area contributed by atoms with Crippen molar-refractivity contribution < 1.29 is 10.6 Å². The highest BCUT2D eigenvalue weighted by Crippen LogP contribution is 2.12. The summed E-state index contributed by atoms with van der Waals surface area (Å²) in [5.74, 6) is 0.161. The van der Waals surface area contributed by atoms with E-state index in [-0.39, 0.29) is 13.4 Å². The highest BCUT2D eigenvalue weighted by Gasteiger charge is 2.13. The van der Waals surface area contributed by atoms with Crippen LogP contribution in [0.5, 0.6) is 0 Å². The van der Waals surface area contributed by atoms with Gasteiger partial charge in [0.1, 0.15) is 0 Å². The van der Waals surface area contributed by atoms with Gasteiger partial charge >= 0.3 is 0 Å². The van der Waals surface area contributed by atoms with E-state index < -0.39 is 0 Å². The molecular formula is C12H17NO2. The van der Waals surface area contributed by atoms with Gasteiger partial charge in [0.25, 0.3) is 0 Å². The van der Waals surface area contributed by atoms with Gasteiger partial charge in [-0.05, 0) is 18.9 Å². The molecule has 2 heterocycles. The zero-order valence-corrected chi connectivity index (χ0v) is 8.61. The first-order valence-corrected chi connectivity index (χ1v) is 5.34. The Hall–Kier alpha value is -1.51. The molecule has 0 aliphatic carbocycles. The maximum atomic E-state index is 11.3. The van der Waals surface area contributed by atoms with Crippen molar-refractivity contribution in [3.8, 4) is 0 Å². The van der Waals surface area contributed by atoms with Crippen molar-refractivity contribution in [2.75, 3.05) is 0 Å². The van der Waals surface area contributed by atoms with Gasteiger partial charge < -0.3 is 9.73 Å². The molecule has 0 bridgehead atoms. The number of furan rings is 1. The molecule has 1 N–H and O–H groups in total. The molecule has 0 radical (unpaired) electrons. The first kappa shape index (κ1) is 10.0. The molecule has 0 spiro atoms. The van der Waals surface area contributed by atoms with Gasteiger partial charge in [-0.2, -0.15) is 0 Å². The summed E-state index contributed by atoms with van der Waals surface area (Å²) in [6.07, 6.45) is 11.2. The van der Waals surface area contributed by atoms with E-state index in [9.17, 15) is 4.79 Å². The van der Waals surface area contributed by atoms with E-state index >= 15 is 0 Å². The molecule has 1 aliphatic heterocycles. The fraction of sp³-hybridized carbons (Fsp3) is 0.417. The molecule has 15 heavy (non-hydrogen) atoms. The number of hydrogen-bond donors (Lipinski definition) is 1. The number of nitrogens with one attached hydrogen (secondary N) is 1. The molecule has 2 rings (SSSR count). The van der Waals surface area contributed by atoms with Crippen LogP contribution in [0.15, 0.2) is 29.1 Å². The quantitative estimate of drug-likeness (QED) is 0.810. The molecule has 1 saturated heterocycles. The number of rotatable bonds is 2. The maximum absolute atomic E-state index is 11.3. The van der Waals surface area contributed by atoms with Crippen LogP contribution in [0.2, 0.25) is 0 Å². The van der Waals surface area contributed by atoms with Gasteiger partial charge in [0, 0.05) is 19.5 Å². The van der Waals surface area contributed by atoms with Crippen LogP contribution in [0.1, 0.15) is 32.7 Å². The van der Waals surface area contributed by atoms with Crippen LogP contribution in [-0.2, 0) is 4.79 Å². The first-order valence-electron chi connectivity index (χ1n) is 5.34. The van der Waals surface area contributed by atoms with Gasteiger partial charge in [-0.3, -0.25) is 4.79 Å². The Labute approximate surface area is 90.6 Å². The highest BCUT2D eigenvalue weighted by atomic mass is 16.3. The summed E-state index contributed by atoms with van der Waals surface area (Å²) in [6, 6.07) is 2.07. The molecule has 1 aliphatic rings. The lowest BCUT2D eigenvalue weighted by atomic mass is 10.1. The summed E-state index contributed by atoms with van der Waals surface area (Å²) in [4.78, 5) is 11.3. The lowest BCUT2D eigenvalue weighted by molar-refractivity contribution is -0.121. The summed E-state index contributed by atoms with van der Waals surface area (Å²) in [5, 5.41) is 2.98. The minimum atomic E-state index is 0. The van der Waals surface area contributed by atoms with Crippen molar-refractivity contribution in [3.05, 3.63) is 30.2 Å². The van der Waals surface area contributed by atoms with Crippen molar-refractivity contribution in [3.63, 3.8) is 0 Å². The first-order chi connectivity index (χ1) is 7.34. The summed E-state index contributed by atoms with van der Waals surface area (Å²) in [7, 11) is 0. The van der Waals surface area contributed by atoms with Crippen LogP contribution in [0.4, 0.5) is 0 Å². The number of carbonyl (C=O) groups is 1. The number of carbonyl (C=O) groups excluding carboxylic acids is 1. The fourth-order valence-corrected chi connectivity index (χ4v) is 1.74. The van der Waals surface area contributed by atoms with Gasteiger partial charge in [-0.15, -0.1) is 0 Å². The summed E-state index contributed by atoms with van der Waals surface area (Å²) < 4.78 is 4.96. The van der Waals surface area contributed by atoms with E-state index in [0.717, 1.165) is 24.8 Å². The fourth-order valence-electron chi connectivity index (χ4n) is 1.74. The Kier molecular flexibility index (Phi) is 3.22. The highest BCUT2D eigenvalue weighted by molar-refractivity contribution is 5.76. The Balaban J connectivity index is 0.00000128. The van der Waals surface area contributed by atoms with Crippen LogP contribution in [0, 0.1) is 0 Å². The molecule has 0 saturated carbocycles. The Bertz CT molecular complexity index is 346. The van der Waals surface area contributed by atoms with Crippen molar-refractivity contribution >= 4 is 12.0 Å². The molecule has 1 aromatic rings.